The molecule has 3 rings (SSSR count). The minimum Gasteiger partial charge on any atom is -1.00 e. The second-order valence-corrected chi connectivity index (χ2v) is 6.56. The number of aromatic nitrogens is 1. The summed E-state index contributed by atoms with van der Waals surface area (Å²) >= 11 is 0. The van der Waals surface area contributed by atoms with Gasteiger partial charge in [0.25, 0.3) is 5.56 Å². The van der Waals surface area contributed by atoms with Crippen molar-refractivity contribution in [3.63, 3.8) is 0 Å². The molecule has 0 radical (unpaired) electrons. The number of unbranched alkanes of at least 4 members (excludes halogenated alkanes) is 3. The zero-order chi connectivity index (χ0) is 18.5. The third kappa shape index (κ3) is 4.89. The van der Waals surface area contributed by atoms with E-state index in [4.69, 9.17) is 0 Å². The molecular formula is C22H24NNaO3. The van der Waals surface area contributed by atoms with Crippen LogP contribution >= 0.6 is 0 Å². The van der Waals surface area contributed by atoms with E-state index >= 15 is 0 Å². The number of H-pyrrole nitrogens is 1. The van der Waals surface area contributed by atoms with Gasteiger partial charge in [-0.25, -0.2) is 0 Å². The molecule has 0 aliphatic heterocycles. The molecule has 2 aromatic carbocycles. The first kappa shape index (κ1) is 21.4. The number of nitrogens with one attached hydrogen (secondary N) is 1. The molecule has 0 amide bonds. The SMILES string of the molecule is CCCCCCc1ccc2[nH]c(=O)c(C(=O)c3ccccc3)c(O)c2c1.[H-].[Na+]. The zero-order valence-corrected chi connectivity index (χ0v) is 17.9. The number of hydrogen-bond acceptors (Lipinski definition) is 3. The van der Waals surface area contributed by atoms with E-state index < -0.39 is 11.3 Å². The number of ketones is 1. The van der Waals surface area contributed by atoms with E-state index in [9.17, 15) is 14.7 Å². The maximum Gasteiger partial charge on any atom is 1.00 e. The van der Waals surface area contributed by atoms with Gasteiger partial charge in [0, 0.05) is 10.9 Å². The number of hydrogen-bond donors (Lipinski definition) is 2. The van der Waals surface area contributed by atoms with E-state index in [-0.39, 0.29) is 42.3 Å². The van der Waals surface area contributed by atoms with Gasteiger partial charge in [0.2, 0.25) is 5.78 Å². The molecule has 0 aliphatic rings. The number of benzene rings is 2. The number of aryl methyl sites for hydroxylation is 1. The maximum absolute atomic E-state index is 12.7. The van der Waals surface area contributed by atoms with Crippen molar-refractivity contribution in [3.05, 3.63) is 75.6 Å². The molecule has 136 valence electrons. The van der Waals surface area contributed by atoms with Gasteiger partial charge >= 0.3 is 29.6 Å². The van der Waals surface area contributed by atoms with Crippen molar-refractivity contribution in [1.29, 1.82) is 0 Å². The zero-order valence-electron chi connectivity index (χ0n) is 16.9. The van der Waals surface area contributed by atoms with Crippen molar-refractivity contribution in [3.8, 4) is 5.75 Å². The number of carbonyl (C=O) groups excluding carboxylic acids is 1. The molecule has 0 atom stereocenters. The summed E-state index contributed by atoms with van der Waals surface area (Å²) in [4.78, 5) is 27.8. The maximum atomic E-state index is 12.7. The largest absolute Gasteiger partial charge is 1.00 e. The average Bonchev–Trinajstić information content (AvgIpc) is 2.66. The Bertz CT molecular complexity index is 986. The molecule has 0 saturated carbocycles. The summed E-state index contributed by atoms with van der Waals surface area (Å²) in [5, 5.41) is 11.2. The topological polar surface area (TPSA) is 70.2 Å². The van der Waals surface area contributed by atoms with Crippen LogP contribution in [0.2, 0.25) is 0 Å². The number of pyridine rings is 1. The van der Waals surface area contributed by atoms with E-state index in [1.807, 2.05) is 12.1 Å². The number of rotatable bonds is 7. The first-order valence-electron chi connectivity index (χ1n) is 9.09. The van der Waals surface area contributed by atoms with E-state index in [1.54, 1.807) is 36.4 Å². The monoisotopic (exact) mass is 373 g/mol. The quantitative estimate of drug-likeness (QED) is 0.376. The second kappa shape index (κ2) is 9.88. The molecule has 0 saturated heterocycles. The third-order valence-corrected chi connectivity index (χ3v) is 4.63. The van der Waals surface area contributed by atoms with Crippen LogP contribution in [0.5, 0.6) is 5.75 Å². The van der Waals surface area contributed by atoms with Gasteiger partial charge in [-0.1, -0.05) is 62.6 Å². The van der Waals surface area contributed by atoms with Crippen LogP contribution in [-0.4, -0.2) is 15.9 Å². The Kier molecular flexibility index (Phi) is 7.84. The van der Waals surface area contributed by atoms with Gasteiger partial charge < -0.3 is 11.5 Å². The molecule has 27 heavy (non-hydrogen) atoms. The van der Waals surface area contributed by atoms with E-state index in [0.29, 0.717) is 16.5 Å². The van der Waals surface area contributed by atoms with Gasteiger partial charge in [0.15, 0.2) is 0 Å². The number of aromatic hydroxyl groups is 1. The summed E-state index contributed by atoms with van der Waals surface area (Å²) in [6, 6.07) is 14.2. The van der Waals surface area contributed by atoms with E-state index in [1.165, 1.54) is 19.3 Å². The fraction of sp³-hybridized carbons (Fsp3) is 0.273. The van der Waals surface area contributed by atoms with Gasteiger partial charge in [0.05, 0.1) is 5.52 Å². The van der Waals surface area contributed by atoms with Crippen molar-refractivity contribution in [1.82, 2.24) is 4.98 Å². The molecule has 0 unspecified atom stereocenters. The van der Waals surface area contributed by atoms with Crippen molar-refractivity contribution in [2.24, 2.45) is 0 Å². The summed E-state index contributed by atoms with van der Waals surface area (Å²) in [6.45, 7) is 2.18. The molecular weight excluding hydrogens is 349 g/mol. The molecule has 1 heterocycles. The van der Waals surface area contributed by atoms with Crippen molar-refractivity contribution >= 4 is 16.7 Å². The summed E-state index contributed by atoms with van der Waals surface area (Å²) < 4.78 is 0. The summed E-state index contributed by atoms with van der Waals surface area (Å²) in [6.07, 6.45) is 5.56. The normalized spacial score (nSPS) is 10.6. The molecule has 1 aromatic heterocycles. The van der Waals surface area contributed by atoms with E-state index in [0.717, 1.165) is 18.4 Å². The van der Waals surface area contributed by atoms with Gasteiger partial charge in [0.1, 0.15) is 11.3 Å². The van der Waals surface area contributed by atoms with Crippen LogP contribution in [0.3, 0.4) is 0 Å². The van der Waals surface area contributed by atoms with Gasteiger partial charge in [-0.3, -0.25) is 9.59 Å². The van der Waals surface area contributed by atoms with Crippen LogP contribution in [0.4, 0.5) is 0 Å². The van der Waals surface area contributed by atoms with Crippen LogP contribution in [0, 0.1) is 0 Å². The number of fused-ring (bicyclic) bond motifs is 1. The Balaban J connectivity index is 0.00000196. The fourth-order valence-electron chi connectivity index (χ4n) is 3.18. The van der Waals surface area contributed by atoms with Gasteiger partial charge in [-0.15, -0.1) is 0 Å². The second-order valence-electron chi connectivity index (χ2n) is 6.56. The minimum atomic E-state index is -0.570. The van der Waals surface area contributed by atoms with Crippen molar-refractivity contribution in [2.75, 3.05) is 0 Å². The Morgan fingerprint density at radius 3 is 2.52 bits per heavy atom. The minimum absolute atomic E-state index is 0. The van der Waals surface area contributed by atoms with Crippen LogP contribution in [-0.2, 0) is 6.42 Å². The van der Waals surface area contributed by atoms with Crippen LogP contribution < -0.4 is 35.1 Å². The first-order valence-corrected chi connectivity index (χ1v) is 9.09. The van der Waals surface area contributed by atoms with Crippen LogP contribution in [0.15, 0.2) is 53.3 Å². The molecule has 0 aliphatic carbocycles. The molecule has 4 nitrogen and oxygen atoms in total. The molecule has 5 heteroatoms. The van der Waals surface area contributed by atoms with E-state index in [2.05, 4.69) is 11.9 Å². The van der Waals surface area contributed by atoms with Crippen LogP contribution in [0.1, 0.15) is 55.5 Å². The number of carbonyl (C=O) groups is 1. The fourth-order valence-corrected chi connectivity index (χ4v) is 3.18. The third-order valence-electron chi connectivity index (χ3n) is 4.63. The Morgan fingerprint density at radius 1 is 1.07 bits per heavy atom. The Hall–Kier alpha value is -1.88. The van der Waals surface area contributed by atoms with Crippen LogP contribution in [0.25, 0.3) is 10.9 Å². The Labute approximate surface area is 182 Å². The van der Waals surface area contributed by atoms with Crippen molar-refractivity contribution < 1.29 is 40.9 Å². The standard InChI is InChI=1S/C22H23NO3.Na.H/c1-2-3-4-6-9-15-12-13-18-17(14-15)21(25)19(22(26)23-18)20(24)16-10-7-5-8-11-16;;/h5,7-8,10-14H,2-4,6,9H2,1H3,(H2,23,25,26);;/q;+1;-1. The molecule has 0 fully saturated rings. The van der Waals surface area contributed by atoms with Crippen molar-refractivity contribution in [2.45, 2.75) is 39.0 Å². The predicted octanol–water partition coefficient (Wildman–Crippen LogP) is 1.70. The molecule has 3 aromatic rings. The molecule has 0 bridgehead atoms. The molecule has 0 spiro atoms. The molecule has 2 N–H and O–H groups in total. The average molecular weight is 373 g/mol. The summed E-state index contributed by atoms with van der Waals surface area (Å²) in [7, 11) is 0. The van der Waals surface area contributed by atoms with Gasteiger partial charge in [-0.2, -0.15) is 0 Å². The predicted molar refractivity (Wildman–Crippen MR) is 105 cm³/mol. The Morgan fingerprint density at radius 2 is 1.81 bits per heavy atom. The first-order chi connectivity index (χ1) is 12.6. The smallest absolute Gasteiger partial charge is 1.00 e. The number of aromatic amines is 1. The summed E-state index contributed by atoms with van der Waals surface area (Å²) in [5.41, 5.74) is 1.23. The van der Waals surface area contributed by atoms with Gasteiger partial charge in [-0.05, 0) is 30.5 Å². The summed E-state index contributed by atoms with van der Waals surface area (Å²) in [5.74, 6) is -0.715.